The molecule has 0 aliphatic rings. The van der Waals surface area contributed by atoms with Gasteiger partial charge in [0.05, 0.1) is 18.4 Å². The summed E-state index contributed by atoms with van der Waals surface area (Å²) in [4.78, 5) is 0. The van der Waals surface area contributed by atoms with Gasteiger partial charge in [-0.05, 0) is 29.8 Å². The van der Waals surface area contributed by atoms with Crippen LogP contribution in [0.15, 0.2) is 84.0 Å². The fraction of sp³-hybridized carbons (Fsp3) is 0.0500. The first-order valence-corrected chi connectivity index (χ1v) is 7.58. The number of hydrogen-bond acceptors (Lipinski definition) is 2. The van der Waals surface area contributed by atoms with Gasteiger partial charge in [0.15, 0.2) is 0 Å². The minimum absolute atomic E-state index is 0.241. The quantitative estimate of drug-likeness (QED) is 0.476. The van der Waals surface area contributed by atoms with Gasteiger partial charge in [0.25, 0.3) is 0 Å². The Labute approximate surface area is 139 Å². The van der Waals surface area contributed by atoms with Gasteiger partial charge in [-0.3, -0.25) is 5.01 Å². The maximum atomic E-state index is 13.8. The van der Waals surface area contributed by atoms with Gasteiger partial charge in [-0.15, -0.1) is 0 Å². The lowest BCUT2D eigenvalue weighted by molar-refractivity contribution is 0.582. The fourth-order valence-corrected chi connectivity index (χ4v) is 2.29. The molecule has 120 valence electrons. The van der Waals surface area contributed by atoms with Crippen molar-refractivity contribution in [1.29, 1.82) is 0 Å². The average Bonchev–Trinajstić information content (AvgIpc) is 2.61. The van der Waals surface area contributed by atoms with E-state index in [0.29, 0.717) is 6.54 Å². The molecule has 0 fully saturated rings. The van der Waals surface area contributed by atoms with Crippen LogP contribution in [0.5, 0.6) is 0 Å². The summed E-state index contributed by atoms with van der Waals surface area (Å²) in [7, 11) is 0. The highest BCUT2D eigenvalue weighted by atomic mass is 19.1. The van der Waals surface area contributed by atoms with Crippen molar-refractivity contribution < 1.29 is 8.78 Å². The molecule has 2 nitrogen and oxygen atoms in total. The smallest absolute Gasteiger partial charge is 0.134 e. The van der Waals surface area contributed by atoms with E-state index in [1.54, 1.807) is 5.01 Å². The van der Waals surface area contributed by atoms with Crippen molar-refractivity contribution in [3.8, 4) is 0 Å². The van der Waals surface area contributed by atoms with Crippen LogP contribution in [0.3, 0.4) is 0 Å². The Morgan fingerprint density at radius 2 is 1.50 bits per heavy atom. The van der Waals surface area contributed by atoms with Crippen LogP contribution in [0, 0.1) is 11.6 Å². The number of halogens is 2. The van der Waals surface area contributed by atoms with Crippen LogP contribution < -0.4 is 5.01 Å². The molecule has 3 rings (SSSR count). The maximum absolute atomic E-state index is 13.8. The van der Waals surface area contributed by atoms with Gasteiger partial charge < -0.3 is 0 Å². The second-order valence-corrected chi connectivity index (χ2v) is 5.29. The molecule has 0 amide bonds. The van der Waals surface area contributed by atoms with Crippen molar-refractivity contribution in [3.63, 3.8) is 0 Å². The number of anilines is 1. The molecule has 0 bridgehead atoms. The largest absolute Gasteiger partial charge is 0.261 e. The molecule has 0 heterocycles. The van der Waals surface area contributed by atoms with Gasteiger partial charge in [-0.1, -0.05) is 48.5 Å². The van der Waals surface area contributed by atoms with Crippen molar-refractivity contribution in [3.05, 3.63) is 102 Å². The molecular formula is C20H16F2N2. The normalized spacial score (nSPS) is 10.9. The summed E-state index contributed by atoms with van der Waals surface area (Å²) in [6.07, 6.45) is 1.41. The second-order valence-electron chi connectivity index (χ2n) is 5.29. The first-order chi connectivity index (χ1) is 11.7. The topological polar surface area (TPSA) is 15.6 Å². The summed E-state index contributed by atoms with van der Waals surface area (Å²) < 4.78 is 26.8. The Balaban J connectivity index is 1.88. The van der Waals surface area contributed by atoms with Crippen molar-refractivity contribution in [2.75, 3.05) is 5.01 Å². The number of hydrogen-bond donors (Lipinski definition) is 0. The minimum atomic E-state index is -0.633. The maximum Gasteiger partial charge on any atom is 0.134 e. The third-order valence-corrected chi connectivity index (χ3v) is 3.53. The van der Waals surface area contributed by atoms with E-state index >= 15 is 0 Å². The van der Waals surface area contributed by atoms with Crippen molar-refractivity contribution >= 4 is 11.9 Å². The van der Waals surface area contributed by atoms with Crippen LogP contribution in [0.25, 0.3) is 0 Å². The summed E-state index contributed by atoms with van der Waals surface area (Å²) in [5.41, 5.74) is 2.21. The van der Waals surface area contributed by atoms with E-state index in [1.807, 2.05) is 60.7 Å². The zero-order valence-corrected chi connectivity index (χ0v) is 12.9. The molecule has 4 heteroatoms. The third-order valence-electron chi connectivity index (χ3n) is 3.53. The highest BCUT2D eigenvalue weighted by Gasteiger charge is 2.06. The van der Waals surface area contributed by atoms with Gasteiger partial charge >= 0.3 is 0 Å². The summed E-state index contributed by atoms with van der Waals surface area (Å²) in [6.45, 7) is 0.546. The zero-order chi connectivity index (χ0) is 16.8. The molecule has 0 atom stereocenters. The molecule has 24 heavy (non-hydrogen) atoms. The molecule has 0 aliphatic heterocycles. The molecule has 3 aromatic carbocycles. The SMILES string of the molecule is Fc1ccc(/C=N/N(Cc2ccccc2)c2ccccc2)c(F)c1. The van der Waals surface area contributed by atoms with E-state index in [9.17, 15) is 8.78 Å². The monoisotopic (exact) mass is 322 g/mol. The molecule has 0 aliphatic carbocycles. The summed E-state index contributed by atoms with van der Waals surface area (Å²) in [5.74, 6) is -1.24. The van der Waals surface area contributed by atoms with E-state index in [0.717, 1.165) is 17.3 Å². The van der Waals surface area contributed by atoms with Crippen LogP contribution in [0.2, 0.25) is 0 Å². The van der Waals surface area contributed by atoms with Crippen LogP contribution >= 0.6 is 0 Å². The zero-order valence-electron chi connectivity index (χ0n) is 12.9. The van der Waals surface area contributed by atoms with Gasteiger partial charge in [0, 0.05) is 11.6 Å². The Morgan fingerprint density at radius 3 is 2.17 bits per heavy atom. The molecule has 0 radical (unpaired) electrons. The Bertz CT molecular complexity index is 818. The lowest BCUT2D eigenvalue weighted by atomic mass is 10.2. The second kappa shape index (κ2) is 7.51. The Hall–Kier alpha value is -3.01. The van der Waals surface area contributed by atoms with Gasteiger partial charge in [-0.25, -0.2) is 8.78 Å². The highest BCUT2D eigenvalue weighted by molar-refractivity contribution is 5.80. The fourth-order valence-electron chi connectivity index (χ4n) is 2.29. The summed E-state index contributed by atoms with van der Waals surface area (Å²) in [6, 6.07) is 22.9. The minimum Gasteiger partial charge on any atom is -0.261 e. The number of hydrazone groups is 1. The lowest BCUT2D eigenvalue weighted by Gasteiger charge is -2.19. The highest BCUT2D eigenvalue weighted by Crippen LogP contribution is 2.17. The van der Waals surface area contributed by atoms with E-state index in [2.05, 4.69) is 5.10 Å². The molecule has 0 spiro atoms. The molecule has 3 aromatic rings. The first-order valence-electron chi connectivity index (χ1n) is 7.58. The number of para-hydroxylation sites is 1. The molecule has 0 saturated heterocycles. The van der Waals surface area contributed by atoms with E-state index in [1.165, 1.54) is 18.3 Å². The number of rotatable bonds is 5. The van der Waals surface area contributed by atoms with Gasteiger partial charge in [0.1, 0.15) is 11.6 Å². The Morgan fingerprint density at radius 1 is 0.833 bits per heavy atom. The number of benzene rings is 3. The first kappa shape index (κ1) is 15.9. The van der Waals surface area contributed by atoms with Crippen molar-refractivity contribution in [1.82, 2.24) is 0 Å². The average molecular weight is 322 g/mol. The molecule has 0 unspecified atom stereocenters. The van der Waals surface area contributed by atoms with Crippen LogP contribution in [-0.2, 0) is 6.54 Å². The molecule has 0 saturated carbocycles. The summed E-state index contributed by atoms with van der Waals surface area (Å²) in [5, 5.41) is 6.17. The molecule has 0 aromatic heterocycles. The third kappa shape index (κ3) is 4.04. The van der Waals surface area contributed by atoms with Crippen molar-refractivity contribution in [2.24, 2.45) is 5.10 Å². The summed E-state index contributed by atoms with van der Waals surface area (Å²) >= 11 is 0. The lowest BCUT2D eigenvalue weighted by Crippen LogP contribution is -2.16. The van der Waals surface area contributed by atoms with E-state index < -0.39 is 11.6 Å². The standard InChI is InChI=1S/C20H16F2N2/c21-18-12-11-17(20(22)13-18)14-23-24(19-9-5-2-6-10-19)15-16-7-3-1-4-8-16/h1-14H,15H2/b23-14+. The van der Waals surface area contributed by atoms with Crippen LogP contribution in [0.4, 0.5) is 14.5 Å². The number of nitrogens with zero attached hydrogens (tertiary/aromatic N) is 2. The van der Waals surface area contributed by atoms with Gasteiger partial charge in [0.2, 0.25) is 0 Å². The van der Waals surface area contributed by atoms with Crippen LogP contribution in [0.1, 0.15) is 11.1 Å². The molecule has 0 N–H and O–H groups in total. The van der Waals surface area contributed by atoms with Crippen molar-refractivity contribution in [2.45, 2.75) is 6.54 Å². The van der Waals surface area contributed by atoms with Gasteiger partial charge in [-0.2, -0.15) is 5.10 Å². The van der Waals surface area contributed by atoms with E-state index in [4.69, 9.17) is 0 Å². The Kier molecular flexibility index (Phi) is 4.96. The van der Waals surface area contributed by atoms with E-state index in [-0.39, 0.29) is 5.56 Å². The van der Waals surface area contributed by atoms with Crippen LogP contribution in [-0.4, -0.2) is 6.21 Å². The predicted molar refractivity (Wildman–Crippen MR) is 93.0 cm³/mol. The molecular weight excluding hydrogens is 306 g/mol. The predicted octanol–water partition coefficient (Wildman–Crippen LogP) is 5.01.